The van der Waals surface area contributed by atoms with E-state index in [9.17, 15) is 0 Å². The number of hydrogen-bond acceptors (Lipinski definition) is 3. The van der Waals surface area contributed by atoms with Crippen molar-refractivity contribution in [1.29, 1.82) is 0 Å². The first-order valence-electron chi connectivity index (χ1n) is 38.6. The number of benzene rings is 8. The van der Waals surface area contributed by atoms with E-state index < -0.39 is 8.07 Å². The van der Waals surface area contributed by atoms with Crippen LogP contribution in [0.1, 0.15) is 239 Å². The molecule has 100 heavy (non-hydrogen) atoms. The van der Waals surface area contributed by atoms with Crippen molar-refractivity contribution >= 4 is 36.5 Å². The van der Waals surface area contributed by atoms with Crippen LogP contribution in [0.2, 0.25) is 33.6 Å². The maximum Gasteiger partial charge on any atom is 0.130 e. The zero-order valence-corrected chi connectivity index (χ0v) is 70.6. The lowest BCUT2D eigenvalue weighted by Gasteiger charge is -2.28. The molecule has 3 aliphatic carbocycles. The lowest BCUT2D eigenvalue weighted by molar-refractivity contribution is 0.244. The molecular formula is C95H148BN3Si. The van der Waals surface area contributed by atoms with Gasteiger partial charge in [-0.05, 0) is 126 Å². The highest BCUT2D eigenvalue weighted by atomic mass is 28.3. The third-order valence-electron chi connectivity index (χ3n) is 18.2. The predicted molar refractivity (Wildman–Crippen MR) is 462 cm³/mol. The summed E-state index contributed by atoms with van der Waals surface area (Å²) in [7, 11) is 12.9. The summed E-state index contributed by atoms with van der Waals surface area (Å²) in [6.07, 6.45) is 18.6. The van der Waals surface area contributed by atoms with Crippen LogP contribution in [0.4, 0.5) is 11.4 Å². The normalized spacial score (nSPS) is 13.9. The van der Waals surface area contributed by atoms with Crippen LogP contribution in [-0.4, -0.2) is 69.0 Å². The van der Waals surface area contributed by atoms with Gasteiger partial charge in [-0.2, -0.15) is 0 Å². The molecule has 0 unspecified atom stereocenters. The molecule has 8 aromatic carbocycles. The van der Waals surface area contributed by atoms with Gasteiger partial charge in [-0.3, -0.25) is 0 Å². The third-order valence-corrected chi connectivity index (χ3v) is 21.8. The van der Waals surface area contributed by atoms with Crippen molar-refractivity contribution in [3.05, 3.63) is 252 Å². The first kappa shape index (κ1) is 91.6. The minimum Gasteiger partial charge on any atom is -0.378 e. The molecule has 8 aromatic rings. The fourth-order valence-electron chi connectivity index (χ4n) is 12.4. The Kier molecular flexibility index (Phi) is 44.4. The van der Waals surface area contributed by atoms with Gasteiger partial charge in [-0.25, -0.2) is 0 Å². The molecule has 0 aromatic heterocycles. The second-order valence-electron chi connectivity index (χ2n) is 32.9. The highest BCUT2D eigenvalue weighted by Crippen LogP contribution is 2.48. The number of rotatable bonds is 8. The summed E-state index contributed by atoms with van der Waals surface area (Å²) in [4.78, 5) is 6.32. The van der Waals surface area contributed by atoms with Gasteiger partial charge in [0.1, 0.15) is 14.8 Å². The Bertz CT molecular complexity index is 3010. The minimum atomic E-state index is -1.46. The van der Waals surface area contributed by atoms with Crippen LogP contribution in [0.5, 0.6) is 0 Å². The maximum absolute atomic E-state index is 2.40. The van der Waals surface area contributed by atoms with Crippen LogP contribution >= 0.6 is 0 Å². The van der Waals surface area contributed by atoms with E-state index >= 15 is 0 Å². The maximum atomic E-state index is 2.40. The van der Waals surface area contributed by atoms with E-state index in [1.54, 1.807) is 0 Å². The topological polar surface area (TPSA) is 9.72 Å². The Morgan fingerprint density at radius 3 is 0.910 bits per heavy atom. The van der Waals surface area contributed by atoms with Crippen molar-refractivity contribution in [2.75, 3.05) is 59.1 Å². The summed E-state index contributed by atoms with van der Waals surface area (Å²) < 4.78 is 0. The number of para-hydroxylation sites is 2. The van der Waals surface area contributed by atoms with Gasteiger partial charge in [-0.1, -0.05) is 419 Å². The highest BCUT2D eigenvalue weighted by Gasteiger charge is 2.34. The number of hydrogen-bond donors (Lipinski definition) is 0. The quantitative estimate of drug-likeness (QED) is 0.111. The Labute approximate surface area is 621 Å². The lowest BCUT2D eigenvalue weighted by atomic mass is 9.58. The highest BCUT2D eigenvalue weighted by molar-refractivity contribution is 7.00. The molecule has 550 valence electrons. The Morgan fingerprint density at radius 2 is 0.640 bits per heavy atom. The monoisotopic (exact) mass is 1370 g/mol. The molecule has 3 nitrogen and oxygen atoms in total. The molecule has 11 rings (SSSR count). The molecule has 0 amide bonds. The average Bonchev–Trinajstić information content (AvgIpc) is 1.59. The zero-order chi connectivity index (χ0) is 75.5. The summed E-state index contributed by atoms with van der Waals surface area (Å²) in [5.74, 6) is 1.17. The van der Waals surface area contributed by atoms with Crippen molar-refractivity contribution in [2.24, 2.45) is 10.8 Å². The summed E-state index contributed by atoms with van der Waals surface area (Å²) >= 11 is 0. The molecule has 0 atom stereocenters. The number of nitrogens with zero attached hydrogens (tertiary/aromatic N) is 3. The van der Waals surface area contributed by atoms with Gasteiger partial charge in [0.25, 0.3) is 0 Å². The predicted octanol–water partition coefficient (Wildman–Crippen LogP) is 27.0. The fourth-order valence-corrected chi connectivity index (χ4v) is 14.8. The Morgan fingerprint density at radius 1 is 0.380 bits per heavy atom. The largest absolute Gasteiger partial charge is 0.378 e. The van der Waals surface area contributed by atoms with E-state index in [0.717, 1.165) is 6.71 Å². The van der Waals surface area contributed by atoms with E-state index in [4.69, 9.17) is 0 Å². The van der Waals surface area contributed by atoms with Crippen molar-refractivity contribution in [2.45, 2.75) is 250 Å². The van der Waals surface area contributed by atoms with Gasteiger partial charge in [0.05, 0.1) is 0 Å². The average molecular weight is 1370 g/mol. The summed E-state index contributed by atoms with van der Waals surface area (Å²) in [5.41, 5.74) is 15.6. The molecule has 2 saturated carbocycles. The van der Waals surface area contributed by atoms with Gasteiger partial charge in [0, 0.05) is 50.4 Å². The van der Waals surface area contributed by atoms with Crippen LogP contribution in [0, 0.1) is 10.8 Å². The second kappa shape index (κ2) is 48.5. The smallest absolute Gasteiger partial charge is 0.130 e. The van der Waals surface area contributed by atoms with Gasteiger partial charge in [-0.15, -0.1) is 0 Å². The standard InChI is InChI=1S/C15H14.C15H16.C14H23N.C14H16Si.C9H18.C8H11N.C8H16.C3H9B.C3H9N.2C3H8/c1-15(2)13-9-5-3-7-11(13)12-8-4-6-10-14(12)15;1-15(2,13-9-5-3-6-10-13)14-11-7-4-8-12-14;1-10(2)12-8-7-9-13(11(3)4)14(12)15(5)6;1-15(2,13-9-5-3-6-10-13)14-11-7-4-8-12-14;1-9(2)7-5-3-4-6-8-9;1-9(2)8-6-4-3-5-7-8;1-8(2)6-4-3-5-7-8;2*1-4(2)3;2*1-3-2/h3-10H,1-2H3;3-12H,1-2H3;7-11H,1-6H3;3-12H,1-2H3;3-8H2,1-2H3;3-7H,1-2H3;3-7H2,1-2H3;2*1-3H3;2*3H2,1-2H3. The van der Waals surface area contributed by atoms with Gasteiger partial charge in [0.2, 0.25) is 0 Å². The Balaban J connectivity index is 0.000000571. The van der Waals surface area contributed by atoms with Crippen molar-refractivity contribution in [1.82, 2.24) is 4.90 Å². The first-order chi connectivity index (χ1) is 47.1. The number of anilines is 2. The molecule has 0 aliphatic heterocycles. The van der Waals surface area contributed by atoms with E-state index in [-0.39, 0.29) is 10.8 Å². The van der Waals surface area contributed by atoms with Crippen molar-refractivity contribution < 1.29 is 0 Å². The molecule has 5 heteroatoms. The fraction of sp³-hybridized carbons (Fsp3) is 0.495. The lowest BCUT2D eigenvalue weighted by Crippen LogP contribution is -2.52. The molecule has 0 saturated heterocycles. The first-order valence-corrected chi connectivity index (χ1v) is 41.6. The molecule has 0 bridgehead atoms. The van der Waals surface area contributed by atoms with Gasteiger partial charge >= 0.3 is 0 Å². The van der Waals surface area contributed by atoms with Crippen LogP contribution in [0.25, 0.3) is 11.1 Å². The Hall–Kier alpha value is -6.40. The van der Waals surface area contributed by atoms with E-state index in [1.807, 2.05) is 58.3 Å². The van der Waals surface area contributed by atoms with Crippen LogP contribution in [-0.2, 0) is 10.8 Å². The van der Waals surface area contributed by atoms with E-state index in [0.29, 0.717) is 22.7 Å². The van der Waals surface area contributed by atoms with Gasteiger partial charge < -0.3 is 14.7 Å². The molecule has 2 fully saturated rings. The van der Waals surface area contributed by atoms with Crippen LogP contribution in [0.3, 0.4) is 0 Å². The van der Waals surface area contributed by atoms with Crippen LogP contribution in [0.15, 0.2) is 218 Å². The second-order valence-corrected chi connectivity index (χ2v) is 37.3. The zero-order valence-electron chi connectivity index (χ0n) is 69.6. The van der Waals surface area contributed by atoms with Gasteiger partial charge in [0.15, 0.2) is 0 Å². The van der Waals surface area contributed by atoms with Crippen LogP contribution < -0.4 is 20.2 Å². The molecule has 0 spiro atoms. The third kappa shape index (κ3) is 35.0. The molecule has 0 N–H and O–H groups in total. The summed E-state index contributed by atoms with van der Waals surface area (Å²) in [6, 6.07) is 77.3. The molecule has 0 heterocycles. The summed E-state index contributed by atoms with van der Waals surface area (Å²) in [6.45, 7) is 48.4. The van der Waals surface area contributed by atoms with Crippen molar-refractivity contribution in [3.63, 3.8) is 0 Å². The van der Waals surface area contributed by atoms with Crippen molar-refractivity contribution in [3.8, 4) is 11.1 Å². The van der Waals surface area contributed by atoms with E-state index in [1.165, 1.54) is 150 Å². The SMILES string of the molecule is CB(C)C.CC(C)(c1ccccc1)c1ccccc1.CC(C)c1cccc(C(C)C)c1N(C)C.CC1(C)CCCCC1.CC1(C)CCCCCC1.CC1(C)c2ccccc2-c2ccccc21.CCC.CCC.CN(C)C.CN(C)c1ccccc1.C[Si](C)(c1ccccc1)c1ccccc1. The van der Waals surface area contributed by atoms with E-state index in [2.05, 4.69) is 368 Å². The minimum absolute atomic E-state index is 0.0858. The molecule has 0 radical (unpaired) electrons. The molecule has 3 aliphatic rings. The number of fused-ring (bicyclic) bond motifs is 3. The summed E-state index contributed by atoms with van der Waals surface area (Å²) in [5, 5.41) is 2.99. The molecular weight excluding hydrogens is 1220 g/mol.